The van der Waals surface area contributed by atoms with Gasteiger partial charge in [0.25, 0.3) is 0 Å². The average Bonchev–Trinajstić information content (AvgIpc) is 2.89. The summed E-state index contributed by atoms with van der Waals surface area (Å²) in [6.07, 6.45) is 0. The van der Waals surface area contributed by atoms with Crippen LogP contribution in [0.25, 0.3) is 33.4 Å². The fourth-order valence-electron chi connectivity index (χ4n) is 4.13. The van der Waals surface area contributed by atoms with Crippen molar-refractivity contribution in [3.05, 3.63) is 133 Å². The molecule has 0 heterocycles. The Morgan fingerprint density at radius 2 is 0.844 bits per heavy atom. The van der Waals surface area contributed by atoms with Gasteiger partial charge in [0.2, 0.25) is 0 Å². The second-order valence-corrected chi connectivity index (χ2v) is 7.94. The van der Waals surface area contributed by atoms with E-state index in [4.69, 9.17) is 0 Å². The molecule has 32 heavy (non-hydrogen) atoms. The van der Waals surface area contributed by atoms with Crippen LogP contribution in [0.5, 0.6) is 0 Å². The largest absolute Gasteiger partial charge is 0.344 e. The predicted molar refractivity (Wildman–Crippen MR) is 137 cm³/mol. The minimum atomic E-state index is 1.16. The van der Waals surface area contributed by atoms with Crippen LogP contribution in [0.4, 0.5) is 11.4 Å². The molecule has 0 aliphatic rings. The molecular weight excluding hydrogens is 386 g/mol. The lowest BCUT2D eigenvalue weighted by molar-refractivity contribution is 1.21. The van der Waals surface area contributed by atoms with Crippen molar-refractivity contribution < 1.29 is 0 Å². The van der Waals surface area contributed by atoms with E-state index in [0.29, 0.717) is 0 Å². The Hall–Kier alpha value is -4.10. The molecule has 5 aromatic rings. The van der Waals surface area contributed by atoms with Gasteiger partial charge in [0.15, 0.2) is 0 Å². The van der Waals surface area contributed by atoms with Gasteiger partial charge >= 0.3 is 0 Å². The van der Waals surface area contributed by atoms with Crippen LogP contribution in [-0.4, -0.2) is 7.05 Å². The van der Waals surface area contributed by atoms with E-state index in [0.717, 1.165) is 5.69 Å². The summed E-state index contributed by atoms with van der Waals surface area (Å²) < 4.78 is 0. The van der Waals surface area contributed by atoms with Gasteiger partial charge in [-0.1, -0.05) is 115 Å². The maximum Gasteiger partial charge on any atom is 0.0494 e. The molecule has 0 amide bonds. The van der Waals surface area contributed by atoms with Gasteiger partial charge in [0.1, 0.15) is 0 Å². The average molecular weight is 412 g/mol. The van der Waals surface area contributed by atoms with Gasteiger partial charge in [-0.05, 0) is 46.0 Å². The van der Waals surface area contributed by atoms with Crippen molar-refractivity contribution in [1.29, 1.82) is 0 Å². The third-order valence-electron chi connectivity index (χ3n) is 5.91. The normalized spacial score (nSPS) is 10.7. The summed E-state index contributed by atoms with van der Waals surface area (Å²) in [4.78, 5) is 2.28. The van der Waals surface area contributed by atoms with Crippen LogP contribution in [-0.2, 0) is 0 Å². The van der Waals surface area contributed by atoms with Crippen LogP contribution in [0.2, 0.25) is 0 Å². The standard InChI is InChI=1S/C31H25N/c1-32(29-20-17-26(18-21-29)24-11-5-2-6-12-24)31-23-28(25-13-7-3-8-14-25)19-22-30(31)27-15-9-4-10-16-27/h2-23H,1H3. The third-order valence-corrected chi connectivity index (χ3v) is 5.91. The van der Waals surface area contributed by atoms with Crippen LogP contribution < -0.4 is 4.90 Å². The predicted octanol–water partition coefficient (Wildman–Crippen LogP) is 8.46. The molecule has 5 rings (SSSR count). The van der Waals surface area contributed by atoms with Crippen LogP contribution in [0, 0.1) is 0 Å². The fourth-order valence-corrected chi connectivity index (χ4v) is 4.13. The van der Waals surface area contributed by atoms with Gasteiger partial charge in [-0.2, -0.15) is 0 Å². The molecule has 0 aliphatic carbocycles. The van der Waals surface area contributed by atoms with Crippen molar-refractivity contribution in [1.82, 2.24) is 0 Å². The second-order valence-electron chi connectivity index (χ2n) is 7.94. The highest BCUT2D eigenvalue weighted by molar-refractivity contribution is 5.86. The maximum absolute atomic E-state index is 2.29. The van der Waals surface area contributed by atoms with Gasteiger partial charge in [-0.25, -0.2) is 0 Å². The van der Waals surface area contributed by atoms with Crippen molar-refractivity contribution in [3.8, 4) is 33.4 Å². The summed E-state index contributed by atoms with van der Waals surface area (Å²) in [5.41, 5.74) is 9.68. The van der Waals surface area contributed by atoms with E-state index >= 15 is 0 Å². The first-order valence-electron chi connectivity index (χ1n) is 10.9. The Bertz CT molecular complexity index is 1290. The second kappa shape index (κ2) is 8.95. The van der Waals surface area contributed by atoms with Crippen LogP contribution in [0.15, 0.2) is 133 Å². The van der Waals surface area contributed by atoms with E-state index in [1.165, 1.54) is 39.1 Å². The number of hydrogen-bond acceptors (Lipinski definition) is 1. The summed E-state index contributed by atoms with van der Waals surface area (Å²) in [6.45, 7) is 0. The summed E-state index contributed by atoms with van der Waals surface area (Å²) in [5, 5.41) is 0. The first-order chi connectivity index (χ1) is 15.8. The lowest BCUT2D eigenvalue weighted by Crippen LogP contribution is -2.11. The smallest absolute Gasteiger partial charge is 0.0494 e. The summed E-state index contributed by atoms with van der Waals surface area (Å²) >= 11 is 0. The monoisotopic (exact) mass is 411 g/mol. The first-order valence-corrected chi connectivity index (χ1v) is 10.9. The molecule has 0 aromatic heterocycles. The molecule has 0 aliphatic heterocycles. The van der Waals surface area contributed by atoms with Crippen molar-refractivity contribution in [2.45, 2.75) is 0 Å². The van der Waals surface area contributed by atoms with Gasteiger partial charge in [0, 0.05) is 24.0 Å². The Labute approximate surface area is 190 Å². The minimum Gasteiger partial charge on any atom is -0.344 e. The fraction of sp³-hybridized carbons (Fsp3) is 0.0323. The third kappa shape index (κ3) is 4.06. The van der Waals surface area contributed by atoms with Gasteiger partial charge in [0.05, 0.1) is 0 Å². The SMILES string of the molecule is CN(c1ccc(-c2ccccc2)cc1)c1cc(-c2ccccc2)ccc1-c1ccccc1. The molecule has 0 radical (unpaired) electrons. The van der Waals surface area contributed by atoms with E-state index in [1.54, 1.807) is 0 Å². The molecule has 0 atom stereocenters. The summed E-state index contributed by atoms with van der Waals surface area (Å²) in [5.74, 6) is 0. The Kier molecular flexibility index (Phi) is 5.55. The molecule has 0 bridgehead atoms. The van der Waals surface area contributed by atoms with E-state index in [-0.39, 0.29) is 0 Å². The molecule has 1 nitrogen and oxygen atoms in total. The molecule has 0 saturated heterocycles. The number of rotatable bonds is 5. The number of anilines is 2. The van der Waals surface area contributed by atoms with Crippen LogP contribution in [0.3, 0.4) is 0 Å². The summed E-state index contributed by atoms with van der Waals surface area (Å²) in [7, 11) is 2.15. The molecular formula is C31H25N. The van der Waals surface area contributed by atoms with Crippen molar-refractivity contribution in [3.63, 3.8) is 0 Å². The molecule has 0 saturated carbocycles. The number of nitrogens with zero attached hydrogens (tertiary/aromatic N) is 1. The highest BCUT2D eigenvalue weighted by Gasteiger charge is 2.13. The zero-order chi connectivity index (χ0) is 21.8. The Balaban J connectivity index is 1.57. The molecule has 1 heteroatoms. The van der Waals surface area contributed by atoms with Gasteiger partial charge < -0.3 is 4.90 Å². The molecule has 0 spiro atoms. The molecule has 5 aromatic carbocycles. The first kappa shape index (κ1) is 19.8. The summed E-state index contributed by atoms with van der Waals surface area (Å²) in [6, 6.07) is 47.2. The van der Waals surface area contributed by atoms with Crippen molar-refractivity contribution >= 4 is 11.4 Å². The lowest BCUT2D eigenvalue weighted by atomic mass is 9.97. The van der Waals surface area contributed by atoms with E-state index in [9.17, 15) is 0 Å². The Morgan fingerprint density at radius 1 is 0.406 bits per heavy atom. The highest BCUT2D eigenvalue weighted by Crippen LogP contribution is 2.38. The lowest BCUT2D eigenvalue weighted by Gasteiger charge is -2.24. The van der Waals surface area contributed by atoms with E-state index in [2.05, 4.69) is 145 Å². The van der Waals surface area contributed by atoms with Crippen molar-refractivity contribution in [2.75, 3.05) is 11.9 Å². The number of hydrogen-bond donors (Lipinski definition) is 0. The minimum absolute atomic E-state index is 1.16. The maximum atomic E-state index is 2.29. The van der Waals surface area contributed by atoms with E-state index in [1.807, 2.05) is 0 Å². The van der Waals surface area contributed by atoms with Crippen LogP contribution in [0.1, 0.15) is 0 Å². The van der Waals surface area contributed by atoms with Crippen LogP contribution >= 0.6 is 0 Å². The molecule has 0 unspecified atom stereocenters. The zero-order valence-electron chi connectivity index (χ0n) is 18.1. The molecule has 0 N–H and O–H groups in total. The topological polar surface area (TPSA) is 3.24 Å². The molecule has 0 fully saturated rings. The molecule has 154 valence electrons. The van der Waals surface area contributed by atoms with Gasteiger partial charge in [-0.3, -0.25) is 0 Å². The Morgan fingerprint density at radius 3 is 1.41 bits per heavy atom. The quantitative estimate of drug-likeness (QED) is 0.280. The zero-order valence-corrected chi connectivity index (χ0v) is 18.1. The number of benzene rings is 5. The highest BCUT2D eigenvalue weighted by atomic mass is 15.1. The van der Waals surface area contributed by atoms with Gasteiger partial charge in [-0.15, -0.1) is 0 Å². The van der Waals surface area contributed by atoms with Crippen molar-refractivity contribution in [2.24, 2.45) is 0 Å². The van der Waals surface area contributed by atoms with E-state index < -0.39 is 0 Å².